The van der Waals surface area contributed by atoms with Crippen LogP contribution >= 0.6 is 11.6 Å². The molecule has 0 atom stereocenters. The van der Waals surface area contributed by atoms with Crippen molar-refractivity contribution >= 4 is 29.0 Å². The third-order valence-corrected chi connectivity index (χ3v) is 2.94. The molecule has 2 aromatic carbocycles. The van der Waals surface area contributed by atoms with Gasteiger partial charge in [0.15, 0.2) is 5.78 Å². The Kier molecular flexibility index (Phi) is 4.33. The number of rotatable bonds is 4. The Morgan fingerprint density at radius 2 is 1.80 bits per heavy atom. The second-order valence-electron chi connectivity index (χ2n) is 4.08. The van der Waals surface area contributed by atoms with Crippen molar-refractivity contribution in [3.05, 3.63) is 77.3 Å². The first-order chi connectivity index (χ1) is 9.61. The smallest absolute Gasteiger partial charge is 0.247 e. The van der Waals surface area contributed by atoms with Gasteiger partial charge in [0.1, 0.15) is 0 Å². The Labute approximate surface area is 121 Å². The van der Waals surface area contributed by atoms with Gasteiger partial charge in [0.2, 0.25) is 5.91 Å². The molecule has 0 unspecified atom stereocenters. The molecule has 1 N–H and O–H groups in total. The molecule has 0 saturated heterocycles. The van der Waals surface area contributed by atoms with E-state index < -0.39 is 0 Å². The van der Waals surface area contributed by atoms with Crippen LogP contribution in [0.1, 0.15) is 15.9 Å². The Hall–Kier alpha value is -2.39. The lowest BCUT2D eigenvalue weighted by Crippen LogP contribution is -2.12. The average Bonchev–Trinajstić information content (AvgIpc) is 2.49. The van der Waals surface area contributed by atoms with Crippen molar-refractivity contribution < 1.29 is 9.59 Å². The summed E-state index contributed by atoms with van der Waals surface area (Å²) in [5.41, 5.74) is 1.29. The second kappa shape index (κ2) is 6.17. The molecular weight excluding hydrogens is 274 g/mol. The molecule has 2 rings (SSSR count). The molecule has 0 aliphatic heterocycles. The van der Waals surface area contributed by atoms with Gasteiger partial charge in [-0.15, -0.1) is 0 Å². The lowest BCUT2D eigenvalue weighted by molar-refractivity contribution is -0.111. The van der Waals surface area contributed by atoms with Gasteiger partial charge in [-0.2, -0.15) is 0 Å². The molecule has 1 amide bonds. The molecule has 2 aromatic rings. The molecule has 100 valence electrons. The maximum atomic E-state index is 12.5. The van der Waals surface area contributed by atoms with E-state index in [-0.39, 0.29) is 11.7 Å². The molecule has 0 fully saturated rings. The fourth-order valence-electron chi connectivity index (χ4n) is 1.74. The van der Waals surface area contributed by atoms with Gasteiger partial charge >= 0.3 is 0 Å². The molecule has 0 radical (unpaired) electrons. The summed E-state index contributed by atoms with van der Waals surface area (Å²) in [6.07, 6.45) is 1.14. The number of nitrogens with one attached hydrogen (secondary N) is 1. The van der Waals surface area contributed by atoms with Crippen molar-refractivity contribution in [2.45, 2.75) is 0 Å². The number of anilines is 1. The Bertz CT molecular complexity index is 665. The highest BCUT2D eigenvalue weighted by Gasteiger charge is 2.15. The molecule has 0 bridgehead atoms. The van der Waals surface area contributed by atoms with Crippen LogP contribution in [0.3, 0.4) is 0 Å². The van der Waals surface area contributed by atoms with Crippen LogP contribution in [0.15, 0.2) is 61.2 Å². The molecule has 0 spiro atoms. The Morgan fingerprint density at radius 3 is 2.45 bits per heavy atom. The fraction of sp³-hybridized carbons (Fsp3) is 0. The van der Waals surface area contributed by atoms with Crippen LogP contribution in [0.4, 0.5) is 5.69 Å². The molecular formula is C16H12ClNO2. The molecule has 0 aliphatic carbocycles. The summed E-state index contributed by atoms with van der Waals surface area (Å²) in [6.45, 7) is 3.38. The van der Waals surface area contributed by atoms with Gasteiger partial charge in [-0.25, -0.2) is 0 Å². The molecule has 0 saturated carbocycles. The first-order valence-corrected chi connectivity index (χ1v) is 6.32. The van der Waals surface area contributed by atoms with E-state index in [0.29, 0.717) is 21.8 Å². The number of amides is 1. The van der Waals surface area contributed by atoms with Crippen molar-refractivity contribution in [2.75, 3.05) is 5.32 Å². The maximum Gasteiger partial charge on any atom is 0.247 e. The van der Waals surface area contributed by atoms with Crippen molar-refractivity contribution in [2.24, 2.45) is 0 Å². The summed E-state index contributed by atoms with van der Waals surface area (Å²) in [4.78, 5) is 23.9. The third-order valence-electron chi connectivity index (χ3n) is 2.71. The zero-order valence-electron chi connectivity index (χ0n) is 10.6. The molecule has 0 aromatic heterocycles. The van der Waals surface area contributed by atoms with Gasteiger partial charge in [0.25, 0.3) is 0 Å². The van der Waals surface area contributed by atoms with E-state index in [1.165, 1.54) is 6.07 Å². The maximum absolute atomic E-state index is 12.5. The van der Waals surface area contributed by atoms with Crippen LogP contribution in [-0.4, -0.2) is 11.7 Å². The standard InChI is InChI=1S/C16H12ClNO2/c1-2-15(19)18-14-9-8-12(17)10-13(14)16(20)11-6-4-3-5-7-11/h2-10H,1H2,(H,18,19). The van der Waals surface area contributed by atoms with E-state index in [2.05, 4.69) is 11.9 Å². The van der Waals surface area contributed by atoms with Gasteiger partial charge in [-0.05, 0) is 24.3 Å². The number of carbonyl (C=O) groups excluding carboxylic acids is 2. The number of ketones is 1. The SMILES string of the molecule is C=CC(=O)Nc1ccc(Cl)cc1C(=O)c1ccccc1. The lowest BCUT2D eigenvalue weighted by Gasteiger charge is -2.09. The zero-order valence-corrected chi connectivity index (χ0v) is 11.4. The minimum atomic E-state index is -0.380. The molecule has 0 aliphatic rings. The molecule has 3 nitrogen and oxygen atoms in total. The van der Waals surface area contributed by atoms with E-state index in [4.69, 9.17) is 11.6 Å². The van der Waals surface area contributed by atoms with E-state index in [1.54, 1.807) is 36.4 Å². The van der Waals surface area contributed by atoms with Crippen molar-refractivity contribution in [3.63, 3.8) is 0 Å². The first kappa shape index (κ1) is 14.0. The third kappa shape index (κ3) is 3.13. The number of hydrogen-bond donors (Lipinski definition) is 1. The summed E-state index contributed by atoms with van der Waals surface area (Å²) in [7, 11) is 0. The fourth-order valence-corrected chi connectivity index (χ4v) is 1.91. The van der Waals surface area contributed by atoms with Crippen LogP contribution in [0.5, 0.6) is 0 Å². The van der Waals surface area contributed by atoms with E-state index >= 15 is 0 Å². The zero-order chi connectivity index (χ0) is 14.5. The minimum absolute atomic E-state index is 0.201. The quantitative estimate of drug-likeness (QED) is 0.688. The predicted molar refractivity (Wildman–Crippen MR) is 80.2 cm³/mol. The summed E-state index contributed by atoms with van der Waals surface area (Å²) < 4.78 is 0. The van der Waals surface area contributed by atoms with Crippen molar-refractivity contribution in [3.8, 4) is 0 Å². The monoisotopic (exact) mass is 285 g/mol. The summed E-state index contributed by atoms with van der Waals surface area (Å²) in [5, 5.41) is 3.03. The summed E-state index contributed by atoms with van der Waals surface area (Å²) >= 11 is 5.93. The van der Waals surface area contributed by atoms with Crippen LogP contribution < -0.4 is 5.32 Å². The minimum Gasteiger partial charge on any atom is -0.322 e. The highest BCUT2D eigenvalue weighted by Crippen LogP contribution is 2.23. The number of carbonyl (C=O) groups is 2. The number of hydrogen-bond acceptors (Lipinski definition) is 2. The van der Waals surface area contributed by atoms with Crippen LogP contribution in [0.2, 0.25) is 5.02 Å². The molecule has 20 heavy (non-hydrogen) atoms. The van der Waals surface area contributed by atoms with E-state index in [1.807, 2.05) is 6.07 Å². The Morgan fingerprint density at radius 1 is 1.10 bits per heavy atom. The van der Waals surface area contributed by atoms with Crippen molar-refractivity contribution in [1.29, 1.82) is 0 Å². The second-order valence-corrected chi connectivity index (χ2v) is 4.51. The molecule has 0 heterocycles. The number of benzene rings is 2. The highest BCUT2D eigenvalue weighted by molar-refractivity contribution is 6.31. The van der Waals surface area contributed by atoms with Gasteiger partial charge < -0.3 is 5.32 Å². The van der Waals surface area contributed by atoms with E-state index in [9.17, 15) is 9.59 Å². The largest absolute Gasteiger partial charge is 0.322 e. The van der Waals surface area contributed by atoms with Crippen molar-refractivity contribution in [1.82, 2.24) is 0 Å². The normalized spacial score (nSPS) is 9.85. The van der Waals surface area contributed by atoms with Crippen LogP contribution in [0, 0.1) is 0 Å². The van der Waals surface area contributed by atoms with E-state index in [0.717, 1.165) is 6.08 Å². The van der Waals surface area contributed by atoms with Gasteiger partial charge in [-0.1, -0.05) is 48.5 Å². The topological polar surface area (TPSA) is 46.2 Å². The first-order valence-electron chi connectivity index (χ1n) is 5.94. The average molecular weight is 286 g/mol. The Balaban J connectivity index is 2.44. The van der Waals surface area contributed by atoms with Gasteiger partial charge in [0, 0.05) is 16.1 Å². The van der Waals surface area contributed by atoms with Gasteiger partial charge in [0.05, 0.1) is 5.69 Å². The van der Waals surface area contributed by atoms with Gasteiger partial charge in [-0.3, -0.25) is 9.59 Å². The summed E-state index contributed by atoms with van der Waals surface area (Å²) in [6, 6.07) is 13.6. The van der Waals surface area contributed by atoms with Crippen LogP contribution in [-0.2, 0) is 4.79 Å². The lowest BCUT2D eigenvalue weighted by atomic mass is 10.0. The van der Waals surface area contributed by atoms with Crippen LogP contribution in [0.25, 0.3) is 0 Å². The molecule has 4 heteroatoms. The summed E-state index contributed by atoms with van der Waals surface area (Å²) in [5.74, 6) is -0.582. The highest BCUT2D eigenvalue weighted by atomic mass is 35.5. The predicted octanol–water partition coefficient (Wildman–Crippen LogP) is 3.70. The number of halogens is 1.